The molecule has 22 heavy (non-hydrogen) atoms. The zero-order valence-electron chi connectivity index (χ0n) is 9.34. The summed E-state index contributed by atoms with van der Waals surface area (Å²) in [6, 6.07) is -14.4. The molecule has 0 bridgehead atoms. The largest absolute Gasteiger partial charge is 0.478 e. The first-order valence-corrected chi connectivity index (χ1v) is 4.62. The molecule has 1 aliphatic heterocycles. The Labute approximate surface area is 111 Å². The zero-order valence-corrected chi connectivity index (χ0v) is 9.34. The Bertz CT molecular complexity index is 472. The van der Waals surface area contributed by atoms with Crippen LogP contribution in [0.2, 0.25) is 0 Å². The molecule has 3 nitrogen and oxygen atoms in total. The van der Waals surface area contributed by atoms with E-state index < -0.39 is 46.8 Å². The molecular formula is C7HF12NO2. The summed E-state index contributed by atoms with van der Waals surface area (Å²) >= 11 is 0. The number of alkyl halides is 12. The molecule has 130 valence electrons. The van der Waals surface area contributed by atoms with Crippen LogP contribution >= 0.6 is 0 Å². The maximum atomic E-state index is 13.4. The molecule has 0 saturated carbocycles. The summed E-state index contributed by atoms with van der Waals surface area (Å²) in [5.41, 5.74) is 0. The van der Waals surface area contributed by atoms with Gasteiger partial charge in [0, 0.05) is 0 Å². The van der Waals surface area contributed by atoms with Gasteiger partial charge in [-0.1, -0.05) is 0 Å². The fourth-order valence-corrected chi connectivity index (χ4v) is 1.57. The molecule has 0 aromatic rings. The molecule has 1 saturated heterocycles. The quantitative estimate of drug-likeness (QED) is 0.609. The number of carboxylic acids is 1. The predicted molar refractivity (Wildman–Crippen MR) is 39.2 cm³/mol. The van der Waals surface area contributed by atoms with Gasteiger partial charge in [-0.15, -0.1) is 4.90 Å². The van der Waals surface area contributed by atoms with E-state index in [0.717, 1.165) is 0 Å². The summed E-state index contributed by atoms with van der Waals surface area (Å²) in [4.78, 5) is 6.49. The van der Waals surface area contributed by atoms with E-state index in [-0.39, 0.29) is 0 Å². The third kappa shape index (κ3) is 1.68. The van der Waals surface area contributed by atoms with Crippen molar-refractivity contribution in [3.05, 3.63) is 0 Å². The molecule has 0 radical (unpaired) electrons. The van der Waals surface area contributed by atoms with Gasteiger partial charge in [-0.3, -0.25) is 0 Å². The van der Waals surface area contributed by atoms with Crippen LogP contribution in [0.1, 0.15) is 0 Å². The summed E-state index contributed by atoms with van der Waals surface area (Å²) in [5.74, 6) is -25.5. The van der Waals surface area contributed by atoms with Crippen LogP contribution < -0.4 is 0 Å². The van der Waals surface area contributed by atoms with Crippen LogP contribution in [0.5, 0.6) is 0 Å². The number of hydrogen-bond donors (Lipinski definition) is 1. The van der Waals surface area contributed by atoms with Crippen molar-refractivity contribution in [2.75, 3.05) is 0 Å². The summed E-state index contributed by atoms with van der Waals surface area (Å²) < 4.78 is 153. The number of hydrogen-bond acceptors (Lipinski definition) is 2. The standard InChI is InChI=1S/C7HF12NO2/c8-2(1(21)22,5(13,14)15)20-6(16,17)3(9,10)4(11,12)7(20,18)19/h(H,21,22)/t2-/m0/s1. The lowest BCUT2D eigenvalue weighted by Crippen LogP contribution is -2.69. The molecular weight excluding hydrogens is 358 g/mol. The van der Waals surface area contributed by atoms with Gasteiger partial charge in [-0.05, 0) is 0 Å². The number of halogens is 12. The SMILES string of the molecule is O=C(O)[C@](F)(N1C(F)(F)C(F)(F)C(F)(F)C1(F)F)C(F)(F)F. The van der Waals surface area contributed by atoms with Gasteiger partial charge in [0.1, 0.15) is 0 Å². The highest BCUT2D eigenvalue weighted by atomic mass is 19.4. The lowest BCUT2D eigenvalue weighted by Gasteiger charge is -2.37. The van der Waals surface area contributed by atoms with Crippen LogP contribution in [0, 0.1) is 0 Å². The van der Waals surface area contributed by atoms with Crippen molar-refractivity contribution >= 4 is 5.97 Å². The smallest absolute Gasteiger partial charge is 0.448 e. The van der Waals surface area contributed by atoms with Gasteiger partial charge in [0.2, 0.25) is 0 Å². The average molecular weight is 359 g/mol. The molecule has 1 aliphatic rings. The Hall–Kier alpha value is -1.41. The monoisotopic (exact) mass is 359 g/mol. The number of rotatable bonds is 2. The van der Waals surface area contributed by atoms with Crippen LogP contribution in [-0.2, 0) is 4.79 Å². The van der Waals surface area contributed by atoms with Crippen molar-refractivity contribution in [1.82, 2.24) is 4.90 Å². The van der Waals surface area contributed by atoms with Crippen LogP contribution in [0.3, 0.4) is 0 Å². The minimum Gasteiger partial charge on any atom is -0.478 e. The predicted octanol–water partition coefficient (Wildman–Crippen LogP) is 3.07. The van der Waals surface area contributed by atoms with Crippen LogP contribution in [-0.4, -0.2) is 51.9 Å². The second-order valence-electron chi connectivity index (χ2n) is 3.99. The second kappa shape index (κ2) is 4.11. The zero-order chi connectivity index (χ0) is 18.2. The Morgan fingerprint density at radius 1 is 0.773 bits per heavy atom. The lowest BCUT2D eigenvalue weighted by molar-refractivity contribution is -0.383. The van der Waals surface area contributed by atoms with E-state index in [1.807, 2.05) is 0 Å². The van der Waals surface area contributed by atoms with Crippen LogP contribution in [0.4, 0.5) is 52.7 Å². The molecule has 1 rings (SSSR count). The highest BCUT2D eigenvalue weighted by Gasteiger charge is 2.98. The molecule has 0 aliphatic carbocycles. The molecule has 0 spiro atoms. The fraction of sp³-hybridized carbons (Fsp3) is 0.857. The minimum atomic E-state index is -7.19. The molecule has 0 amide bonds. The lowest BCUT2D eigenvalue weighted by atomic mass is 10.2. The van der Waals surface area contributed by atoms with E-state index in [1.165, 1.54) is 0 Å². The number of carbonyl (C=O) groups is 1. The van der Waals surface area contributed by atoms with Crippen LogP contribution in [0.25, 0.3) is 0 Å². The number of likely N-dealkylation sites (tertiary alicyclic amines) is 1. The van der Waals surface area contributed by atoms with E-state index in [2.05, 4.69) is 0 Å². The minimum absolute atomic E-state index is 3.67. The van der Waals surface area contributed by atoms with E-state index in [4.69, 9.17) is 5.11 Å². The van der Waals surface area contributed by atoms with E-state index >= 15 is 0 Å². The summed E-state index contributed by atoms with van der Waals surface area (Å²) in [6.07, 6.45) is -7.18. The maximum Gasteiger partial charge on any atom is 0.448 e. The van der Waals surface area contributed by atoms with Crippen LogP contribution in [0.15, 0.2) is 0 Å². The first-order chi connectivity index (χ1) is 9.31. The van der Waals surface area contributed by atoms with E-state index in [0.29, 0.717) is 0 Å². The highest BCUT2D eigenvalue weighted by molar-refractivity contribution is 5.78. The topological polar surface area (TPSA) is 40.5 Å². The number of carboxylic acid groups (broad SMARTS) is 1. The second-order valence-corrected chi connectivity index (χ2v) is 3.99. The summed E-state index contributed by atoms with van der Waals surface area (Å²) in [7, 11) is 0. The number of aliphatic carboxylic acids is 1. The van der Waals surface area contributed by atoms with Gasteiger partial charge in [0.15, 0.2) is 0 Å². The highest BCUT2D eigenvalue weighted by Crippen LogP contribution is 2.66. The maximum absolute atomic E-state index is 13.4. The normalized spacial score (nSPS) is 29.1. The molecule has 0 aromatic heterocycles. The molecule has 1 atom stereocenters. The van der Waals surface area contributed by atoms with Crippen molar-refractivity contribution in [2.45, 2.75) is 35.9 Å². The van der Waals surface area contributed by atoms with E-state index in [1.54, 1.807) is 0 Å². The van der Waals surface area contributed by atoms with Crippen molar-refractivity contribution in [3.8, 4) is 0 Å². The summed E-state index contributed by atoms with van der Waals surface area (Å²) in [6.45, 7) is 0. The average Bonchev–Trinajstić information content (AvgIpc) is 2.31. The Morgan fingerprint density at radius 3 is 1.23 bits per heavy atom. The molecule has 1 heterocycles. The van der Waals surface area contributed by atoms with Gasteiger partial charge >= 0.3 is 41.9 Å². The number of nitrogens with zero attached hydrogens (tertiary/aromatic N) is 1. The molecule has 15 heteroatoms. The Balaban J connectivity index is 3.82. The van der Waals surface area contributed by atoms with Crippen molar-refractivity contribution in [2.24, 2.45) is 0 Å². The van der Waals surface area contributed by atoms with Gasteiger partial charge in [0.25, 0.3) is 0 Å². The Kier molecular flexibility index (Phi) is 3.48. The molecule has 1 fully saturated rings. The first kappa shape index (κ1) is 18.6. The van der Waals surface area contributed by atoms with Crippen molar-refractivity contribution in [3.63, 3.8) is 0 Å². The Morgan fingerprint density at radius 2 is 1.05 bits per heavy atom. The van der Waals surface area contributed by atoms with Gasteiger partial charge in [-0.2, -0.15) is 48.3 Å². The molecule has 0 unspecified atom stereocenters. The summed E-state index contributed by atoms with van der Waals surface area (Å²) in [5, 5.41) is 7.94. The molecule has 1 N–H and O–H groups in total. The van der Waals surface area contributed by atoms with Gasteiger partial charge < -0.3 is 5.11 Å². The third-order valence-electron chi connectivity index (χ3n) is 2.68. The molecule has 0 aromatic carbocycles. The third-order valence-corrected chi connectivity index (χ3v) is 2.68. The van der Waals surface area contributed by atoms with Gasteiger partial charge in [0.05, 0.1) is 0 Å². The fourth-order valence-electron chi connectivity index (χ4n) is 1.57. The van der Waals surface area contributed by atoms with E-state index in [9.17, 15) is 57.5 Å². The van der Waals surface area contributed by atoms with Crippen molar-refractivity contribution < 1.29 is 62.6 Å². The first-order valence-electron chi connectivity index (χ1n) is 4.62. The van der Waals surface area contributed by atoms with Gasteiger partial charge in [-0.25, -0.2) is 9.18 Å². The van der Waals surface area contributed by atoms with Crippen molar-refractivity contribution in [1.29, 1.82) is 0 Å².